The van der Waals surface area contributed by atoms with Gasteiger partial charge in [-0.25, -0.2) is 4.79 Å². The maximum Gasteiger partial charge on any atom is 0.488 e. The Balaban J connectivity index is 1.42. The van der Waals surface area contributed by atoms with Crippen molar-refractivity contribution in [3.05, 3.63) is 82.9 Å². The number of amides is 1. The zero-order chi connectivity index (χ0) is 22.9. The Bertz CT molecular complexity index is 1250. The summed E-state index contributed by atoms with van der Waals surface area (Å²) >= 11 is 0. The van der Waals surface area contributed by atoms with Crippen LogP contribution in [0.5, 0.6) is 5.75 Å². The van der Waals surface area contributed by atoms with Crippen molar-refractivity contribution in [3.63, 3.8) is 0 Å². The Morgan fingerprint density at radius 2 is 1.66 bits per heavy atom. The van der Waals surface area contributed by atoms with Crippen LogP contribution in [-0.4, -0.2) is 21.1 Å². The van der Waals surface area contributed by atoms with Crippen molar-refractivity contribution >= 4 is 22.3 Å². The minimum atomic E-state index is -5.20. The van der Waals surface area contributed by atoms with Gasteiger partial charge in [0.15, 0.2) is 5.75 Å². The lowest BCUT2D eigenvalue weighted by Gasteiger charge is -2.15. The van der Waals surface area contributed by atoms with E-state index in [0.717, 1.165) is 22.3 Å². The number of hydrogen-bond donors (Lipinski definition) is 2. The summed E-state index contributed by atoms with van der Waals surface area (Å²) in [4.78, 5) is 12.3. The van der Waals surface area contributed by atoms with Gasteiger partial charge >= 0.3 is 16.6 Å². The maximum atomic E-state index is 12.9. The number of carbonyl (C=O) groups excluding carboxylic acids is 1. The first kappa shape index (κ1) is 21.6. The second-order valence-corrected chi connectivity index (χ2v) is 8.42. The zero-order valence-corrected chi connectivity index (χ0v) is 18.0. The fraction of sp³-hybridized carbons (Fsp3) is 0.174. The highest BCUT2D eigenvalue weighted by molar-refractivity contribution is 7.81. The van der Waals surface area contributed by atoms with Crippen molar-refractivity contribution in [3.8, 4) is 16.9 Å². The van der Waals surface area contributed by atoms with Gasteiger partial charge in [-0.3, -0.25) is 0 Å². The van der Waals surface area contributed by atoms with Gasteiger partial charge in [0.2, 0.25) is 0 Å². The van der Waals surface area contributed by atoms with Gasteiger partial charge in [-0.1, -0.05) is 52.4 Å². The van der Waals surface area contributed by atoms with E-state index in [4.69, 9.17) is 10.5 Å². The van der Waals surface area contributed by atoms with Crippen LogP contribution in [0.4, 0.5) is 14.4 Å². The molecule has 0 saturated heterocycles. The minimum Gasteiger partial charge on any atom is -0.449 e. The molecule has 1 aliphatic carbocycles. The lowest BCUT2D eigenvalue weighted by Crippen LogP contribution is -2.25. The highest BCUT2D eigenvalue weighted by Gasteiger charge is 2.29. The van der Waals surface area contributed by atoms with Gasteiger partial charge in [0.05, 0.1) is 0 Å². The van der Waals surface area contributed by atoms with E-state index in [2.05, 4.69) is 9.50 Å². The number of nitrogens with one attached hydrogen (secondary N) is 1. The molecule has 4 rings (SSSR count). The summed E-state index contributed by atoms with van der Waals surface area (Å²) < 4.78 is 44.3. The number of nitrogens with two attached hydrogens (primary N) is 1. The molecule has 32 heavy (non-hydrogen) atoms. The third kappa shape index (κ3) is 4.52. The third-order valence-corrected chi connectivity index (χ3v) is 5.81. The van der Waals surface area contributed by atoms with Gasteiger partial charge < -0.3 is 20.0 Å². The molecule has 1 aliphatic rings. The van der Waals surface area contributed by atoms with Crippen molar-refractivity contribution < 1.29 is 26.0 Å². The van der Waals surface area contributed by atoms with E-state index >= 15 is 0 Å². The minimum absolute atomic E-state index is 0.0101. The molecule has 0 spiro atoms. The Hall–Kier alpha value is -3.59. The lowest BCUT2D eigenvalue weighted by molar-refractivity contribution is 0.142. The Kier molecular flexibility index (Phi) is 5.75. The van der Waals surface area contributed by atoms with Gasteiger partial charge in [-0.2, -0.15) is 8.42 Å². The van der Waals surface area contributed by atoms with Gasteiger partial charge in [0, 0.05) is 23.7 Å². The fourth-order valence-corrected chi connectivity index (χ4v) is 4.28. The van der Waals surface area contributed by atoms with Crippen molar-refractivity contribution in [2.75, 3.05) is 12.3 Å². The van der Waals surface area contributed by atoms with E-state index in [1.807, 2.05) is 48.5 Å². The normalized spacial score (nSPS) is 12.7. The van der Waals surface area contributed by atoms with Crippen LogP contribution in [0.25, 0.3) is 11.1 Å². The number of rotatable bonds is 6. The number of benzene rings is 3. The van der Waals surface area contributed by atoms with Gasteiger partial charge in [0.1, 0.15) is 6.61 Å². The molecule has 3 N–H and O–H groups in total. The molecule has 0 atom stereocenters. The molecule has 166 valence electrons. The molecule has 0 aliphatic heterocycles. The number of hydrogen-bond acceptors (Lipinski definition) is 6. The first-order valence-corrected chi connectivity index (χ1v) is 11.2. The van der Waals surface area contributed by atoms with Crippen LogP contribution >= 0.6 is 0 Å². The molecular weight excluding hydrogens is 435 g/mol. The number of carbonyl (C=O) groups is 1. The Morgan fingerprint density at radius 3 is 2.25 bits per heavy atom. The van der Waals surface area contributed by atoms with E-state index < -0.39 is 16.6 Å². The molecule has 0 aromatic heterocycles. The molecule has 0 bridgehead atoms. The highest BCUT2D eigenvalue weighted by atomic mass is 32.3. The fourth-order valence-electron chi connectivity index (χ4n) is 3.89. The summed E-state index contributed by atoms with van der Waals surface area (Å²) in [6.45, 7) is 1.65. The highest BCUT2D eigenvalue weighted by Crippen LogP contribution is 2.44. The second kappa shape index (κ2) is 8.51. The predicted molar refractivity (Wildman–Crippen MR) is 118 cm³/mol. The van der Waals surface area contributed by atoms with Crippen molar-refractivity contribution in [1.82, 2.24) is 5.32 Å². The Labute approximate surface area is 185 Å². The summed E-state index contributed by atoms with van der Waals surface area (Å²) in [7, 11) is -5.20. The van der Waals surface area contributed by atoms with E-state index in [1.165, 1.54) is 19.1 Å². The Morgan fingerprint density at radius 1 is 1.06 bits per heavy atom. The number of alkyl carbamates (subject to hydrolysis) is 1. The summed E-state index contributed by atoms with van der Waals surface area (Å²) in [5.74, 6) is -0.310. The monoisotopic (exact) mass is 456 g/mol. The van der Waals surface area contributed by atoms with Crippen molar-refractivity contribution in [2.45, 2.75) is 19.4 Å². The molecule has 3 aromatic carbocycles. The molecular formula is C23H21FN2O5S. The van der Waals surface area contributed by atoms with Gasteiger partial charge in [0.25, 0.3) is 0 Å². The smallest absolute Gasteiger partial charge is 0.449 e. The lowest BCUT2D eigenvalue weighted by atomic mass is 9.98. The van der Waals surface area contributed by atoms with Crippen LogP contribution in [0, 0.1) is 6.92 Å². The molecule has 0 fully saturated rings. The molecule has 0 heterocycles. The number of fused-ring (bicyclic) bond motifs is 3. The standard InChI is InChI=1S/C23H21FN2O5S/c1-14-21(25)10-15(11-22(14)31-32(24,28)29)12-26-23(27)30-13-20-18-8-4-2-6-16(18)17-7-3-5-9-19(17)20/h2-11,20H,12-13,25H2,1H3,(H,26,27). The predicted octanol–water partition coefficient (Wildman–Crippen LogP) is 4.21. The zero-order valence-electron chi connectivity index (χ0n) is 17.2. The average molecular weight is 456 g/mol. The molecule has 0 unspecified atom stereocenters. The van der Waals surface area contributed by atoms with Crippen LogP contribution < -0.4 is 15.2 Å². The number of anilines is 1. The van der Waals surface area contributed by atoms with E-state index in [9.17, 15) is 17.1 Å². The molecule has 0 saturated carbocycles. The summed E-state index contributed by atoms with van der Waals surface area (Å²) in [5.41, 5.74) is 11.2. The topological polar surface area (TPSA) is 108 Å². The van der Waals surface area contributed by atoms with Crippen LogP contribution in [0.15, 0.2) is 60.7 Å². The van der Waals surface area contributed by atoms with Gasteiger partial charge in [-0.15, -0.1) is 0 Å². The largest absolute Gasteiger partial charge is 0.488 e. The number of ether oxygens (including phenoxy) is 1. The van der Waals surface area contributed by atoms with Crippen LogP contribution in [-0.2, 0) is 21.8 Å². The maximum absolute atomic E-state index is 12.9. The quantitative estimate of drug-likeness (QED) is 0.425. The van der Waals surface area contributed by atoms with Crippen molar-refractivity contribution in [1.29, 1.82) is 0 Å². The van der Waals surface area contributed by atoms with Gasteiger partial charge in [-0.05, 0) is 46.9 Å². The number of halogens is 1. The average Bonchev–Trinajstić information content (AvgIpc) is 3.07. The first-order valence-electron chi connectivity index (χ1n) is 9.85. The molecule has 1 amide bonds. The molecule has 0 radical (unpaired) electrons. The van der Waals surface area contributed by atoms with E-state index in [0.29, 0.717) is 5.56 Å². The third-order valence-electron chi connectivity index (χ3n) is 5.43. The SMILES string of the molecule is Cc1c(N)cc(CNC(=O)OCC2c3ccccc3-c3ccccc32)cc1OS(=O)(=O)F. The molecule has 9 heteroatoms. The first-order chi connectivity index (χ1) is 15.2. The second-order valence-electron chi connectivity index (χ2n) is 7.46. The van der Waals surface area contributed by atoms with E-state index in [-0.39, 0.29) is 36.1 Å². The number of nitrogen functional groups attached to an aromatic ring is 1. The molecule has 7 nitrogen and oxygen atoms in total. The van der Waals surface area contributed by atoms with Crippen LogP contribution in [0.2, 0.25) is 0 Å². The summed E-state index contributed by atoms with van der Waals surface area (Å²) in [6, 6.07) is 18.8. The van der Waals surface area contributed by atoms with Crippen molar-refractivity contribution in [2.24, 2.45) is 0 Å². The summed E-state index contributed by atoms with van der Waals surface area (Å²) in [5, 5.41) is 2.59. The van der Waals surface area contributed by atoms with Crippen LogP contribution in [0.3, 0.4) is 0 Å². The summed E-state index contributed by atoms with van der Waals surface area (Å²) in [6.07, 6.45) is -0.647. The van der Waals surface area contributed by atoms with Crippen LogP contribution in [0.1, 0.15) is 28.2 Å². The van der Waals surface area contributed by atoms with E-state index in [1.54, 1.807) is 0 Å². The molecule has 3 aromatic rings.